The molecule has 8 heteroatoms. The van der Waals surface area contributed by atoms with E-state index < -0.39 is 21.8 Å². The fourth-order valence-corrected chi connectivity index (χ4v) is 3.18. The van der Waals surface area contributed by atoms with Gasteiger partial charge in [0.05, 0.1) is 16.1 Å². The number of rotatable bonds is 4. The number of halogens is 2. The second kappa shape index (κ2) is 5.82. The molecule has 0 atom stereocenters. The second-order valence-corrected chi connectivity index (χ2v) is 6.69. The Kier molecular flexibility index (Phi) is 4.29. The van der Waals surface area contributed by atoms with Crippen molar-refractivity contribution in [3.05, 3.63) is 58.3 Å². The fourth-order valence-electron chi connectivity index (χ4n) is 1.62. The van der Waals surface area contributed by atoms with Crippen molar-refractivity contribution in [3.8, 4) is 0 Å². The van der Waals surface area contributed by atoms with Gasteiger partial charge in [0.1, 0.15) is 5.82 Å². The van der Waals surface area contributed by atoms with Crippen molar-refractivity contribution >= 4 is 37.6 Å². The van der Waals surface area contributed by atoms with Crippen LogP contribution in [0.15, 0.2) is 51.8 Å². The van der Waals surface area contributed by atoms with Crippen LogP contribution in [0.2, 0.25) is 0 Å². The van der Waals surface area contributed by atoms with Gasteiger partial charge in [-0.25, -0.2) is 17.6 Å². The van der Waals surface area contributed by atoms with Gasteiger partial charge < -0.3 is 5.11 Å². The van der Waals surface area contributed by atoms with E-state index in [1.807, 2.05) is 0 Å². The molecule has 21 heavy (non-hydrogen) atoms. The van der Waals surface area contributed by atoms with Crippen LogP contribution in [0.1, 0.15) is 10.4 Å². The van der Waals surface area contributed by atoms with Crippen LogP contribution in [0.3, 0.4) is 0 Å². The molecule has 2 rings (SSSR count). The van der Waals surface area contributed by atoms with Crippen molar-refractivity contribution in [3.63, 3.8) is 0 Å². The Morgan fingerprint density at radius 2 is 1.90 bits per heavy atom. The Labute approximate surface area is 128 Å². The van der Waals surface area contributed by atoms with Crippen LogP contribution in [-0.4, -0.2) is 19.5 Å². The number of carboxylic acids is 1. The number of benzene rings is 2. The maximum absolute atomic E-state index is 13.1. The summed E-state index contributed by atoms with van der Waals surface area (Å²) in [5, 5.41) is 8.94. The molecule has 0 fully saturated rings. The van der Waals surface area contributed by atoms with Gasteiger partial charge in [0.15, 0.2) is 0 Å². The van der Waals surface area contributed by atoms with Crippen molar-refractivity contribution in [2.45, 2.75) is 4.90 Å². The van der Waals surface area contributed by atoms with E-state index >= 15 is 0 Å². The van der Waals surface area contributed by atoms with Crippen LogP contribution in [-0.2, 0) is 10.0 Å². The third kappa shape index (κ3) is 3.79. The molecule has 0 heterocycles. The van der Waals surface area contributed by atoms with Crippen LogP contribution in [0.5, 0.6) is 0 Å². The third-order valence-electron chi connectivity index (χ3n) is 2.50. The van der Waals surface area contributed by atoms with E-state index in [1.54, 1.807) is 0 Å². The van der Waals surface area contributed by atoms with Gasteiger partial charge in [-0.1, -0.05) is 22.0 Å². The largest absolute Gasteiger partial charge is 0.478 e. The number of aromatic carboxylic acids is 1. The van der Waals surface area contributed by atoms with E-state index in [-0.39, 0.29) is 16.1 Å². The van der Waals surface area contributed by atoms with Crippen molar-refractivity contribution < 1.29 is 22.7 Å². The lowest BCUT2D eigenvalue weighted by atomic mass is 10.2. The highest BCUT2D eigenvalue weighted by Gasteiger charge is 2.16. The molecule has 0 aliphatic carbocycles. The first-order valence-electron chi connectivity index (χ1n) is 5.60. The molecule has 110 valence electrons. The van der Waals surface area contributed by atoms with Crippen LogP contribution in [0.25, 0.3) is 0 Å². The van der Waals surface area contributed by atoms with E-state index in [0.717, 1.165) is 12.1 Å². The Bertz CT molecular complexity index is 808. The molecule has 0 spiro atoms. The molecule has 0 saturated carbocycles. The van der Waals surface area contributed by atoms with Crippen LogP contribution in [0.4, 0.5) is 10.1 Å². The van der Waals surface area contributed by atoms with E-state index in [1.165, 1.54) is 30.3 Å². The highest BCUT2D eigenvalue weighted by molar-refractivity contribution is 9.10. The number of sulfonamides is 1. The summed E-state index contributed by atoms with van der Waals surface area (Å²) in [5.41, 5.74) is -0.0210. The van der Waals surface area contributed by atoms with Gasteiger partial charge in [-0.3, -0.25) is 4.72 Å². The summed E-state index contributed by atoms with van der Waals surface area (Å²) in [6.45, 7) is 0. The smallest absolute Gasteiger partial charge is 0.335 e. The van der Waals surface area contributed by atoms with Crippen molar-refractivity contribution in [1.29, 1.82) is 0 Å². The lowest BCUT2D eigenvalue weighted by molar-refractivity contribution is 0.0697. The summed E-state index contributed by atoms with van der Waals surface area (Å²) in [7, 11) is -4.00. The Morgan fingerprint density at radius 1 is 1.19 bits per heavy atom. The van der Waals surface area contributed by atoms with E-state index in [4.69, 9.17) is 5.11 Å². The summed E-state index contributed by atoms with van der Waals surface area (Å²) >= 11 is 3.10. The van der Waals surface area contributed by atoms with E-state index in [0.29, 0.717) is 4.47 Å². The molecule has 2 aromatic rings. The fraction of sp³-hybridized carbons (Fsp3) is 0. The van der Waals surface area contributed by atoms with Crippen molar-refractivity contribution in [2.24, 2.45) is 0 Å². The molecular formula is C13H9BrFNO4S. The minimum absolute atomic E-state index is 0.0611. The van der Waals surface area contributed by atoms with Crippen LogP contribution >= 0.6 is 15.9 Å². The second-order valence-electron chi connectivity index (χ2n) is 4.10. The number of hydrogen-bond acceptors (Lipinski definition) is 3. The molecular weight excluding hydrogens is 365 g/mol. The third-order valence-corrected chi connectivity index (χ3v) is 4.34. The highest BCUT2D eigenvalue weighted by Crippen LogP contribution is 2.22. The molecule has 0 radical (unpaired) electrons. The highest BCUT2D eigenvalue weighted by atomic mass is 79.9. The minimum atomic E-state index is -4.00. The molecule has 0 aliphatic heterocycles. The van der Waals surface area contributed by atoms with Gasteiger partial charge >= 0.3 is 5.97 Å². The minimum Gasteiger partial charge on any atom is -0.478 e. The molecule has 2 aromatic carbocycles. The number of anilines is 1. The predicted molar refractivity (Wildman–Crippen MR) is 78.3 cm³/mol. The summed E-state index contributed by atoms with van der Waals surface area (Å²) in [4.78, 5) is 10.7. The van der Waals surface area contributed by atoms with Crippen LogP contribution in [0, 0.1) is 5.82 Å². The molecule has 0 unspecified atom stereocenters. The van der Waals surface area contributed by atoms with Gasteiger partial charge in [-0.05, 0) is 36.4 Å². The Balaban J connectivity index is 2.39. The number of carbonyl (C=O) groups is 1. The zero-order valence-corrected chi connectivity index (χ0v) is 12.8. The molecule has 0 saturated heterocycles. The molecule has 0 amide bonds. The van der Waals surface area contributed by atoms with Gasteiger partial charge in [-0.15, -0.1) is 0 Å². The summed E-state index contributed by atoms with van der Waals surface area (Å²) < 4.78 is 39.9. The molecule has 5 nitrogen and oxygen atoms in total. The number of carboxylic acid groups (broad SMARTS) is 1. The zero-order chi connectivity index (χ0) is 15.6. The lowest BCUT2D eigenvalue weighted by Crippen LogP contribution is -2.13. The van der Waals surface area contributed by atoms with Gasteiger partial charge in [0, 0.05) is 4.47 Å². The summed E-state index contributed by atoms with van der Waals surface area (Å²) in [5.74, 6) is -1.87. The van der Waals surface area contributed by atoms with Crippen LogP contribution < -0.4 is 4.72 Å². The van der Waals surface area contributed by atoms with Gasteiger partial charge in [0.2, 0.25) is 0 Å². The average Bonchev–Trinajstić information content (AvgIpc) is 2.37. The Hall–Kier alpha value is -1.93. The SMILES string of the molecule is O=C(O)c1cc(Br)cc(NS(=O)(=O)c2cccc(F)c2)c1. The lowest BCUT2D eigenvalue weighted by Gasteiger charge is -2.09. The maximum Gasteiger partial charge on any atom is 0.335 e. The first-order valence-corrected chi connectivity index (χ1v) is 7.88. The van der Waals surface area contributed by atoms with E-state index in [2.05, 4.69) is 20.7 Å². The normalized spacial score (nSPS) is 11.1. The zero-order valence-electron chi connectivity index (χ0n) is 10.4. The quantitative estimate of drug-likeness (QED) is 0.862. The summed E-state index contributed by atoms with van der Waals surface area (Å²) in [6.07, 6.45) is 0. The maximum atomic E-state index is 13.1. The summed E-state index contributed by atoms with van der Waals surface area (Å²) in [6, 6.07) is 8.42. The van der Waals surface area contributed by atoms with Crippen molar-refractivity contribution in [1.82, 2.24) is 0 Å². The number of hydrogen-bond donors (Lipinski definition) is 2. The van der Waals surface area contributed by atoms with E-state index in [9.17, 15) is 17.6 Å². The van der Waals surface area contributed by atoms with Gasteiger partial charge in [0.25, 0.3) is 10.0 Å². The average molecular weight is 374 g/mol. The van der Waals surface area contributed by atoms with Gasteiger partial charge in [-0.2, -0.15) is 0 Å². The molecule has 0 bridgehead atoms. The predicted octanol–water partition coefficient (Wildman–Crippen LogP) is 3.09. The molecule has 0 aromatic heterocycles. The monoisotopic (exact) mass is 373 g/mol. The van der Waals surface area contributed by atoms with Crippen molar-refractivity contribution in [2.75, 3.05) is 4.72 Å². The first kappa shape index (κ1) is 15.5. The first-order chi connectivity index (χ1) is 9.78. The molecule has 0 aliphatic rings. The topological polar surface area (TPSA) is 83.5 Å². The number of nitrogens with one attached hydrogen (secondary N) is 1. The standard InChI is InChI=1S/C13H9BrFNO4S/c14-9-4-8(13(17)18)5-11(6-9)16-21(19,20)12-3-1-2-10(15)7-12/h1-7,16H,(H,17,18). The Morgan fingerprint density at radius 3 is 2.52 bits per heavy atom. The molecule has 2 N–H and O–H groups in total.